The fraction of sp³-hybridized carbons (Fsp3) is 0.682. The summed E-state index contributed by atoms with van der Waals surface area (Å²) < 4.78 is 0. The molecular weight excluding hydrogens is 336 g/mol. The predicted octanol–water partition coefficient (Wildman–Crippen LogP) is 2.39. The zero-order valence-electron chi connectivity index (χ0n) is 16.8. The minimum absolute atomic E-state index is 0.237. The molecule has 1 aromatic rings. The van der Waals surface area contributed by atoms with Crippen LogP contribution in [-0.2, 0) is 0 Å². The van der Waals surface area contributed by atoms with Crippen molar-refractivity contribution in [2.24, 2.45) is 5.92 Å². The third kappa shape index (κ3) is 4.46. The second-order valence-electron chi connectivity index (χ2n) is 8.57. The van der Waals surface area contributed by atoms with Crippen molar-refractivity contribution < 1.29 is 4.79 Å². The van der Waals surface area contributed by atoms with Crippen LogP contribution in [0.3, 0.4) is 0 Å². The number of carbonyl (C=O) groups excluding carboxylic acids is 1. The van der Waals surface area contributed by atoms with Gasteiger partial charge in [-0.1, -0.05) is 12.1 Å². The minimum Gasteiger partial charge on any atom is -0.371 e. The van der Waals surface area contributed by atoms with Crippen LogP contribution in [0, 0.1) is 5.92 Å². The van der Waals surface area contributed by atoms with Crippen LogP contribution < -0.4 is 4.90 Å². The van der Waals surface area contributed by atoms with Crippen molar-refractivity contribution in [1.82, 2.24) is 14.7 Å². The van der Waals surface area contributed by atoms with Crippen molar-refractivity contribution >= 4 is 11.6 Å². The lowest BCUT2D eigenvalue weighted by Gasteiger charge is -2.38. The predicted molar refractivity (Wildman–Crippen MR) is 110 cm³/mol. The van der Waals surface area contributed by atoms with Crippen LogP contribution in [-0.4, -0.2) is 86.6 Å². The van der Waals surface area contributed by atoms with Crippen LogP contribution in [0.5, 0.6) is 0 Å². The zero-order chi connectivity index (χ0) is 18.6. The quantitative estimate of drug-likeness (QED) is 0.814. The molecule has 1 amide bonds. The van der Waals surface area contributed by atoms with Crippen molar-refractivity contribution in [2.45, 2.75) is 25.7 Å². The van der Waals surface area contributed by atoms with E-state index >= 15 is 0 Å². The fourth-order valence-corrected chi connectivity index (χ4v) is 4.85. The van der Waals surface area contributed by atoms with E-state index in [1.54, 1.807) is 0 Å². The van der Waals surface area contributed by atoms with Gasteiger partial charge in [-0.15, -0.1) is 0 Å². The van der Waals surface area contributed by atoms with Gasteiger partial charge in [0.2, 0.25) is 0 Å². The lowest BCUT2D eigenvalue weighted by molar-refractivity contribution is 0.0610. The highest BCUT2D eigenvalue weighted by atomic mass is 16.2. The first kappa shape index (κ1) is 18.8. The number of likely N-dealkylation sites (N-methyl/N-ethyl adjacent to an activating group) is 1. The maximum Gasteiger partial charge on any atom is 0.255 e. The minimum atomic E-state index is 0.237. The summed E-state index contributed by atoms with van der Waals surface area (Å²) in [5, 5.41) is 0. The highest BCUT2D eigenvalue weighted by Gasteiger charge is 2.28. The Balaban J connectivity index is 1.40. The molecule has 5 heteroatoms. The molecule has 0 N–H and O–H groups in total. The molecule has 1 aromatic carbocycles. The molecule has 0 aromatic heterocycles. The van der Waals surface area contributed by atoms with Gasteiger partial charge in [-0.3, -0.25) is 4.79 Å². The van der Waals surface area contributed by atoms with Crippen molar-refractivity contribution in [1.29, 1.82) is 0 Å². The van der Waals surface area contributed by atoms with E-state index in [0.29, 0.717) is 5.92 Å². The van der Waals surface area contributed by atoms with Crippen LogP contribution in [0.4, 0.5) is 5.69 Å². The molecule has 3 heterocycles. The number of piperazine rings is 1. The maximum atomic E-state index is 13.3. The van der Waals surface area contributed by atoms with Crippen molar-refractivity contribution in [3.63, 3.8) is 0 Å². The number of likely N-dealkylation sites (tertiary alicyclic amines) is 1. The first-order valence-corrected chi connectivity index (χ1v) is 10.7. The average Bonchev–Trinajstić information content (AvgIpc) is 3.24. The number of benzene rings is 1. The van der Waals surface area contributed by atoms with Crippen molar-refractivity contribution in [2.75, 3.05) is 70.9 Å². The number of rotatable bonds is 4. The summed E-state index contributed by atoms with van der Waals surface area (Å²) >= 11 is 0. The van der Waals surface area contributed by atoms with Crippen LogP contribution in [0.2, 0.25) is 0 Å². The Morgan fingerprint density at radius 2 is 1.70 bits per heavy atom. The molecule has 5 nitrogen and oxygen atoms in total. The summed E-state index contributed by atoms with van der Waals surface area (Å²) in [6.07, 6.45) is 4.86. The van der Waals surface area contributed by atoms with E-state index in [9.17, 15) is 4.79 Å². The number of anilines is 1. The normalized spacial score (nSPS) is 25.1. The molecule has 0 aliphatic carbocycles. The molecule has 3 aliphatic heterocycles. The van der Waals surface area contributed by atoms with Gasteiger partial charge in [0, 0.05) is 64.6 Å². The van der Waals surface area contributed by atoms with Crippen molar-refractivity contribution in [3.05, 3.63) is 29.8 Å². The lowest BCUT2D eigenvalue weighted by Crippen LogP contribution is -2.49. The molecular formula is C22H34N4O. The zero-order valence-corrected chi connectivity index (χ0v) is 16.8. The number of para-hydroxylation sites is 1. The average molecular weight is 371 g/mol. The third-order valence-corrected chi connectivity index (χ3v) is 6.50. The number of carbonyl (C=O) groups is 1. The number of nitrogens with zero attached hydrogens (tertiary/aromatic N) is 4. The molecule has 3 saturated heterocycles. The molecule has 0 saturated carbocycles. The Morgan fingerprint density at radius 3 is 2.48 bits per heavy atom. The van der Waals surface area contributed by atoms with E-state index in [1.165, 1.54) is 45.4 Å². The maximum absolute atomic E-state index is 13.3. The number of hydrogen-bond donors (Lipinski definition) is 0. The lowest BCUT2D eigenvalue weighted by atomic mass is 9.96. The van der Waals surface area contributed by atoms with E-state index < -0.39 is 0 Å². The van der Waals surface area contributed by atoms with Crippen LogP contribution in [0.1, 0.15) is 36.0 Å². The van der Waals surface area contributed by atoms with Crippen molar-refractivity contribution in [3.8, 4) is 0 Å². The van der Waals surface area contributed by atoms with E-state index in [2.05, 4.69) is 38.8 Å². The topological polar surface area (TPSA) is 30.0 Å². The van der Waals surface area contributed by atoms with Gasteiger partial charge in [0.05, 0.1) is 5.56 Å². The summed E-state index contributed by atoms with van der Waals surface area (Å²) in [4.78, 5) is 22.8. The van der Waals surface area contributed by atoms with E-state index in [1.807, 2.05) is 12.1 Å². The Hall–Kier alpha value is -1.59. The molecule has 3 aliphatic rings. The Kier molecular flexibility index (Phi) is 5.98. The van der Waals surface area contributed by atoms with Crippen LogP contribution >= 0.6 is 0 Å². The largest absolute Gasteiger partial charge is 0.371 e. The van der Waals surface area contributed by atoms with Gasteiger partial charge in [0.1, 0.15) is 0 Å². The summed E-state index contributed by atoms with van der Waals surface area (Å²) in [7, 11) is 2.20. The SMILES string of the molecule is CN1CCN(C[C@@H]2CCCN(C(=O)c3ccccc3N3CCCC3)C2)CC1. The third-order valence-electron chi connectivity index (χ3n) is 6.50. The van der Waals surface area contributed by atoms with Gasteiger partial charge in [-0.25, -0.2) is 0 Å². The molecule has 1 atom stereocenters. The van der Waals surface area contributed by atoms with Gasteiger partial charge in [0.25, 0.3) is 5.91 Å². The van der Waals surface area contributed by atoms with E-state index in [4.69, 9.17) is 0 Å². The number of hydrogen-bond acceptors (Lipinski definition) is 4. The summed E-state index contributed by atoms with van der Waals surface area (Å²) in [6.45, 7) is 9.79. The Morgan fingerprint density at radius 1 is 0.963 bits per heavy atom. The summed E-state index contributed by atoms with van der Waals surface area (Å²) in [5.41, 5.74) is 2.04. The van der Waals surface area contributed by atoms with Gasteiger partial charge < -0.3 is 19.6 Å². The second-order valence-corrected chi connectivity index (χ2v) is 8.57. The van der Waals surface area contributed by atoms with Crippen LogP contribution in [0.25, 0.3) is 0 Å². The van der Waals surface area contributed by atoms with Gasteiger partial charge >= 0.3 is 0 Å². The Bertz CT molecular complexity index is 635. The molecule has 0 bridgehead atoms. The number of amides is 1. The highest BCUT2D eigenvalue weighted by Crippen LogP contribution is 2.27. The molecule has 0 unspecified atom stereocenters. The highest BCUT2D eigenvalue weighted by molar-refractivity contribution is 6.00. The summed E-state index contributed by atoms with van der Waals surface area (Å²) in [6, 6.07) is 8.24. The second kappa shape index (κ2) is 8.61. The molecule has 3 fully saturated rings. The molecule has 4 rings (SSSR count). The number of piperidine rings is 1. The standard InChI is InChI=1S/C22H34N4O/c1-23-13-15-24(16-14-23)17-19-7-6-12-26(18-19)22(27)20-8-2-3-9-21(20)25-10-4-5-11-25/h2-3,8-9,19H,4-7,10-18H2,1H3/t19-/m0/s1. The first-order chi connectivity index (χ1) is 13.2. The molecule has 0 radical (unpaired) electrons. The van der Waals surface area contributed by atoms with Gasteiger partial charge in [-0.05, 0) is 50.8 Å². The fourth-order valence-electron chi connectivity index (χ4n) is 4.85. The first-order valence-electron chi connectivity index (χ1n) is 10.7. The van der Waals surface area contributed by atoms with Crippen LogP contribution in [0.15, 0.2) is 24.3 Å². The van der Waals surface area contributed by atoms with E-state index in [0.717, 1.165) is 50.4 Å². The van der Waals surface area contributed by atoms with Gasteiger partial charge in [-0.2, -0.15) is 0 Å². The van der Waals surface area contributed by atoms with Gasteiger partial charge in [0.15, 0.2) is 0 Å². The summed E-state index contributed by atoms with van der Waals surface area (Å²) in [5.74, 6) is 0.852. The van der Waals surface area contributed by atoms with E-state index in [-0.39, 0.29) is 5.91 Å². The molecule has 0 spiro atoms. The molecule has 148 valence electrons. The Labute approximate surface area is 163 Å². The molecule has 27 heavy (non-hydrogen) atoms. The smallest absolute Gasteiger partial charge is 0.255 e. The monoisotopic (exact) mass is 370 g/mol.